The lowest BCUT2D eigenvalue weighted by Crippen LogP contribution is -2.41. The lowest BCUT2D eigenvalue weighted by molar-refractivity contribution is 0.00578. The molecular formula is C28H40BNO5. The minimum absolute atomic E-state index is 0.165. The average Bonchev–Trinajstić information content (AvgIpc) is 3.00. The van der Waals surface area contributed by atoms with E-state index in [0.717, 1.165) is 16.6 Å². The maximum absolute atomic E-state index is 12.4. The van der Waals surface area contributed by atoms with Crippen LogP contribution < -0.4 is 5.46 Å². The van der Waals surface area contributed by atoms with Crippen LogP contribution in [-0.2, 0) is 25.4 Å². The highest BCUT2D eigenvalue weighted by Gasteiger charge is 2.51. The van der Waals surface area contributed by atoms with E-state index in [0.29, 0.717) is 19.6 Å². The van der Waals surface area contributed by atoms with E-state index >= 15 is 0 Å². The first-order valence-electron chi connectivity index (χ1n) is 12.3. The Kier molecular flexibility index (Phi) is 8.35. The number of benzene rings is 2. The van der Waals surface area contributed by atoms with E-state index in [4.69, 9.17) is 18.8 Å². The summed E-state index contributed by atoms with van der Waals surface area (Å²) in [5, 5.41) is 0. The van der Waals surface area contributed by atoms with Crippen LogP contribution in [-0.4, -0.2) is 48.5 Å². The van der Waals surface area contributed by atoms with Gasteiger partial charge in [-0.25, -0.2) is 4.79 Å². The highest BCUT2D eigenvalue weighted by molar-refractivity contribution is 6.62. The zero-order valence-electron chi connectivity index (χ0n) is 22.5. The number of rotatable bonds is 8. The van der Waals surface area contributed by atoms with Crippen LogP contribution in [0.4, 0.5) is 4.79 Å². The molecular weight excluding hydrogens is 441 g/mol. The second-order valence-electron chi connectivity index (χ2n) is 11.2. The van der Waals surface area contributed by atoms with Gasteiger partial charge in [-0.05, 0) is 71.5 Å². The van der Waals surface area contributed by atoms with Crippen LogP contribution >= 0.6 is 0 Å². The topological polar surface area (TPSA) is 57.2 Å². The number of carbonyl (C=O) groups is 1. The number of amides is 1. The number of carbonyl (C=O) groups excluding carboxylic acids is 1. The Morgan fingerprint density at radius 2 is 1.63 bits per heavy atom. The van der Waals surface area contributed by atoms with Crippen molar-refractivity contribution in [3.8, 4) is 0 Å². The normalized spacial score (nSPS) is 17.8. The van der Waals surface area contributed by atoms with E-state index in [1.165, 1.54) is 0 Å². The van der Waals surface area contributed by atoms with Crippen LogP contribution in [0.1, 0.15) is 72.1 Å². The number of hydrogen-bond donors (Lipinski definition) is 0. The molecule has 0 bridgehead atoms. The summed E-state index contributed by atoms with van der Waals surface area (Å²) in [7, 11) is 1.34. The summed E-state index contributed by atoms with van der Waals surface area (Å²) in [6.07, 6.45) is 0.150. The van der Waals surface area contributed by atoms with Gasteiger partial charge in [0.05, 0.1) is 23.9 Å². The first-order valence-corrected chi connectivity index (χ1v) is 12.3. The first-order chi connectivity index (χ1) is 16.3. The molecule has 1 aliphatic rings. The van der Waals surface area contributed by atoms with Gasteiger partial charge in [-0.2, -0.15) is 0 Å². The molecule has 1 saturated heterocycles. The highest BCUT2D eigenvalue weighted by atomic mass is 16.7. The van der Waals surface area contributed by atoms with Gasteiger partial charge in [0.1, 0.15) is 5.60 Å². The molecule has 2 aromatic rings. The fourth-order valence-electron chi connectivity index (χ4n) is 3.76. The molecule has 1 atom stereocenters. The zero-order chi connectivity index (χ0) is 25.9. The van der Waals surface area contributed by atoms with Crippen molar-refractivity contribution in [2.24, 2.45) is 0 Å². The lowest BCUT2D eigenvalue weighted by Gasteiger charge is -2.32. The quantitative estimate of drug-likeness (QED) is 0.466. The Hall–Kier alpha value is -2.35. The number of hydrogen-bond acceptors (Lipinski definition) is 5. The molecule has 1 aliphatic heterocycles. The monoisotopic (exact) mass is 481 g/mol. The van der Waals surface area contributed by atoms with Crippen molar-refractivity contribution in [2.75, 3.05) is 13.6 Å². The average molecular weight is 481 g/mol. The molecule has 1 heterocycles. The van der Waals surface area contributed by atoms with Crippen molar-refractivity contribution in [2.45, 2.75) is 84.4 Å². The van der Waals surface area contributed by atoms with Crippen molar-refractivity contribution in [3.63, 3.8) is 0 Å². The van der Waals surface area contributed by atoms with Crippen LogP contribution in [0, 0.1) is 0 Å². The maximum atomic E-state index is 12.4. The molecule has 1 fully saturated rings. The van der Waals surface area contributed by atoms with Gasteiger partial charge in [-0.15, -0.1) is 0 Å². The summed E-state index contributed by atoms with van der Waals surface area (Å²) in [4.78, 5) is 14.0. The maximum Gasteiger partial charge on any atom is 0.494 e. The molecule has 7 heteroatoms. The van der Waals surface area contributed by atoms with Crippen LogP contribution in [0.3, 0.4) is 0 Å². The second kappa shape index (κ2) is 10.7. The van der Waals surface area contributed by atoms with E-state index < -0.39 is 12.7 Å². The van der Waals surface area contributed by atoms with Crippen molar-refractivity contribution >= 4 is 18.7 Å². The Bertz CT molecular complexity index is 970. The highest BCUT2D eigenvalue weighted by Crippen LogP contribution is 2.36. The number of nitrogens with zero attached hydrogens (tertiary/aromatic N) is 1. The molecule has 0 aromatic heterocycles. The predicted molar refractivity (Wildman–Crippen MR) is 140 cm³/mol. The van der Waals surface area contributed by atoms with E-state index in [1.54, 1.807) is 11.9 Å². The molecule has 0 aliphatic carbocycles. The van der Waals surface area contributed by atoms with Crippen molar-refractivity contribution in [1.82, 2.24) is 4.90 Å². The summed E-state index contributed by atoms with van der Waals surface area (Å²) in [6, 6.07) is 18.3. The van der Waals surface area contributed by atoms with Crippen molar-refractivity contribution in [3.05, 3.63) is 65.7 Å². The minimum Gasteiger partial charge on any atom is -0.444 e. The van der Waals surface area contributed by atoms with E-state index in [-0.39, 0.29) is 23.4 Å². The molecule has 1 amide bonds. The van der Waals surface area contributed by atoms with E-state index in [9.17, 15) is 4.79 Å². The third kappa shape index (κ3) is 7.32. The lowest BCUT2D eigenvalue weighted by atomic mass is 9.78. The van der Waals surface area contributed by atoms with Gasteiger partial charge in [0, 0.05) is 13.6 Å². The summed E-state index contributed by atoms with van der Waals surface area (Å²) in [6.45, 7) is 14.8. The molecule has 190 valence electrons. The van der Waals surface area contributed by atoms with E-state index in [2.05, 4.69) is 45.9 Å². The van der Waals surface area contributed by atoms with Gasteiger partial charge in [-0.1, -0.05) is 54.6 Å². The Morgan fingerprint density at radius 1 is 1.00 bits per heavy atom. The van der Waals surface area contributed by atoms with Crippen molar-refractivity contribution < 1.29 is 23.6 Å². The van der Waals surface area contributed by atoms with Crippen molar-refractivity contribution in [1.29, 1.82) is 0 Å². The summed E-state index contributed by atoms with van der Waals surface area (Å²) in [5.41, 5.74) is 1.80. The molecule has 3 rings (SSSR count). The second-order valence-corrected chi connectivity index (χ2v) is 11.2. The molecule has 0 spiro atoms. The molecule has 0 radical (unpaired) electrons. The predicted octanol–water partition coefficient (Wildman–Crippen LogP) is 5.50. The Morgan fingerprint density at radius 3 is 2.23 bits per heavy atom. The molecule has 35 heavy (non-hydrogen) atoms. The van der Waals surface area contributed by atoms with Gasteiger partial charge in [-0.3, -0.25) is 0 Å². The zero-order valence-corrected chi connectivity index (χ0v) is 22.5. The summed E-state index contributed by atoms with van der Waals surface area (Å²) < 4.78 is 24.3. The summed E-state index contributed by atoms with van der Waals surface area (Å²) >= 11 is 0. The third-order valence-electron chi connectivity index (χ3n) is 6.53. The standard InChI is InChI=1S/C28H40BNO5/c1-26(2,3)33-25(31)30(8)18-17-24(22-14-10-9-11-15-22)32-20-21-13-12-16-23(19-21)29-34-27(4,5)28(6,7)35-29/h9-16,19,24H,17-18,20H2,1-8H3. The molecule has 0 N–H and O–H groups in total. The van der Waals surface area contributed by atoms with E-state index in [1.807, 2.05) is 57.2 Å². The smallest absolute Gasteiger partial charge is 0.444 e. The largest absolute Gasteiger partial charge is 0.494 e. The van der Waals surface area contributed by atoms with Crippen LogP contribution in [0.15, 0.2) is 54.6 Å². The molecule has 0 saturated carbocycles. The first kappa shape index (κ1) is 27.2. The van der Waals surface area contributed by atoms with Crippen LogP contribution in [0.2, 0.25) is 0 Å². The molecule has 1 unspecified atom stereocenters. The van der Waals surface area contributed by atoms with Gasteiger partial charge >= 0.3 is 13.2 Å². The van der Waals surface area contributed by atoms with Gasteiger partial charge in [0.15, 0.2) is 0 Å². The molecule has 6 nitrogen and oxygen atoms in total. The molecule has 2 aromatic carbocycles. The minimum atomic E-state index is -0.525. The fourth-order valence-corrected chi connectivity index (χ4v) is 3.76. The van der Waals surface area contributed by atoms with Gasteiger partial charge in [0.25, 0.3) is 0 Å². The fraction of sp³-hybridized carbons (Fsp3) is 0.536. The number of ether oxygens (including phenoxy) is 2. The summed E-state index contributed by atoms with van der Waals surface area (Å²) in [5.74, 6) is 0. The Labute approximate surface area is 211 Å². The Balaban J connectivity index is 1.66. The third-order valence-corrected chi connectivity index (χ3v) is 6.53. The van der Waals surface area contributed by atoms with Crippen LogP contribution in [0.25, 0.3) is 0 Å². The van der Waals surface area contributed by atoms with Gasteiger partial charge in [0.2, 0.25) is 0 Å². The SMILES string of the molecule is CN(CCC(OCc1cccc(B2OC(C)(C)C(C)(C)O2)c1)c1ccccc1)C(=O)OC(C)(C)C. The van der Waals surface area contributed by atoms with Gasteiger partial charge < -0.3 is 23.7 Å². The van der Waals surface area contributed by atoms with Crippen LogP contribution in [0.5, 0.6) is 0 Å².